The first-order valence-electron chi connectivity index (χ1n) is 9.60. The second kappa shape index (κ2) is 8.69. The van der Waals surface area contributed by atoms with Gasteiger partial charge in [0.1, 0.15) is 23.7 Å². The smallest absolute Gasteiger partial charge is 0.344 e. The van der Waals surface area contributed by atoms with Crippen molar-refractivity contribution >= 4 is 27.7 Å². The summed E-state index contributed by atoms with van der Waals surface area (Å²) in [5.41, 5.74) is 0.555. The fraction of sp³-hybridized carbons (Fsp3) is 0.167. The molecule has 0 spiro atoms. The van der Waals surface area contributed by atoms with Gasteiger partial charge >= 0.3 is 11.6 Å². The predicted octanol–water partition coefficient (Wildman–Crippen LogP) is 4.47. The number of carbonyl (C=O) groups excluding carboxylic acids is 1. The molecule has 0 bridgehead atoms. The Labute approximate surface area is 172 Å². The molecule has 6 heteroatoms. The number of fused-ring (bicyclic) bond motifs is 3. The summed E-state index contributed by atoms with van der Waals surface area (Å²) in [6.45, 7) is 2.19. The second-order valence-electron chi connectivity index (χ2n) is 6.60. The van der Waals surface area contributed by atoms with E-state index in [0.717, 1.165) is 21.9 Å². The first kappa shape index (κ1) is 19.5. The minimum Gasteiger partial charge on any atom is -0.494 e. The first-order valence-corrected chi connectivity index (χ1v) is 9.60. The fourth-order valence-corrected chi connectivity index (χ4v) is 3.27. The molecule has 0 N–H and O–H groups in total. The maximum absolute atomic E-state index is 12.2. The van der Waals surface area contributed by atoms with E-state index in [4.69, 9.17) is 18.6 Å². The number of ether oxygens (including phenoxy) is 3. The lowest BCUT2D eigenvalue weighted by molar-refractivity contribution is -0.147. The van der Waals surface area contributed by atoms with Gasteiger partial charge in [-0.2, -0.15) is 0 Å². The maximum Gasteiger partial charge on any atom is 0.344 e. The minimum absolute atomic E-state index is 0.0540. The summed E-state index contributed by atoms with van der Waals surface area (Å²) in [4.78, 5) is 24.1. The van der Waals surface area contributed by atoms with Crippen LogP contribution in [0.25, 0.3) is 21.7 Å². The van der Waals surface area contributed by atoms with Crippen molar-refractivity contribution in [2.75, 3.05) is 13.2 Å². The molecule has 1 heterocycles. The lowest BCUT2D eigenvalue weighted by Crippen LogP contribution is -2.15. The van der Waals surface area contributed by atoms with E-state index in [1.54, 1.807) is 30.3 Å². The fourth-order valence-electron chi connectivity index (χ4n) is 3.27. The summed E-state index contributed by atoms with van der Waals surface area (Å²) >= 11 is 0. The van der Waals surface area contributed by atoms with Crippen LogP contribution in [0, 0.1) is 0 Å². The summed E-state index contributed by atoms with van der Waals surface area (Å²) < 4.78 is 21.5. The van der Waals surface area contributed by atoms with Crippen molar-refractivity contribution in [3.63, 3.8) is 0 Å². The molecule has 152 valence electrons. The van der Waals surface area contributed by atoms with E-state index in [9.17, 15) is 9.59 Å². The Kier molecular flexibility index (Phi) is 5.66. The third-order valence-electron chi connectivity index (χ3n) is 4.59. The van der Waals surface area contributed by atoms with Gasteiger partial charge in [0.2, 0.25) is 0 Å². The van der Waals surface area contributed by atoms with Crippen molar-refractivity contribution in [3.05, 3.63) is 82.7 Å². The summed E-state index contributed by atoms with van der Waals surface area (Å²) in [5.74, 6) is 0.729. The molecular formula is C24H20O6. The molecule has 0 saturated heterocycles. The Morgan fingerprint density at radius 1 is 0.933 bits per heavy atom. The molecule has 0 unspecified atom stereocenters. The first-order chi connectivity index (χ1) is 14.6. The standard InChI is InChI=1S/C24H20O6/c1-2-27-18-8-10-19(11-9-18)28-15-23(26)29-14-17-13-22(25)30-21-12-7-16-5-3-4-6-20(16)24(17)21/h3-13H,2,14-15H2,1H3. The van der Waals surface area contributed by atoms with Crippen LogP contribution >= 0.6 is 0 Å². The van der Waals surface area contributed by atoms with Gasteiger partial charge in [-0.3, -0.25) is 0 Å². The van der Waals surface area contributed by atoms with Gasteiger partial charge in [-0.15, -0.1) is 0 Å². The number of hydrogen-bond acceptors (Lipinski definition) is 6. The zero-order valence-corrected chi connectivity index (χ0v) is 16.4. The van der Waals surface area contributed by atoms with Gasteiger partial charge in [0.05, 0.1) is 6.61 Å². The molecule has 0 aliphatic heterocycles. The highest BCUT2D eigenvalue weighted by molar-refractivity contribution is 6.07. The second-order valence-corrected chi connectivity index (χ2v) is 6.60. The molecule has 0 radical (unpaired) electrons. The number of benzene rings is 3. The molecule has 0 atom stereocenters. The van der Waals surface area contributed by atoms with Crippen molar-refractivity contribution in [1.82, 2.24) is 0 Å². The molecule has 0 amide bonds. The monoisotopic (exact) mass is 404 g/mol. The van der Waals surface area contributed by atoms with Crippen LogP contribution < -0.4 is 15.1 Å². The Hall–Kier alpha value is -3.80. The van der Waals surface area contributed by atoms with E-state index in [-0.39, 0.29) is 13.2 Å². The van der Waals surface area contributed by atoms with E-state index in [2.05, 4.69) is 0 Å². The van der Waals surface area contributed by atoms with Crippen LogP contribution in [-0.4, -0.2) is 19.2 Å². The summed E-state index contributed by atoms with van der Waals surface area (Å²) in [6.07, 6.45) is 0. The number of hydrogen-bond donors (Lipinski definition) is 0. The predicted molar refractivity (Wildman–Crippen MR) is 113 cm³/mol. The molecule has 3 aromatic carbocycles. The summed E-state index contributed by atoms with van der Waals surface area (Å²) in [6, 6.07) is 19.7. The van der Waals surface area contributed by atoms with Crippen molar-refractivity contribution in [1.29, 1.82) is 0 Å². The van der Waals surface area contributed by atoms with Crippen molar-refractivity contribution < 1.29 is 23.4 Å². The number of esters is 1. The van der Waals surface area contributed by atoms with E-state index >= 15 is 0 Å². The highest BCUT2D eigenvalue weighted by Crippen LogP contribution is 2.27. The molecule has 0 fully saturated rings. The van der Waals surface area contributed by atoms with Crippen LogP contribution in [0.3, 0.4) is 0 Å². The number of carbonyl (C=O) groups is 1. The third-order valence-corrected chi connectivity index (χ3v) is 4.59. The lowest BCUT2D eigenvalue weighted by atomic mass is 10.0. The maximum atomic E-state index is 12.2. The van der Waals surface area contributed by atoms with Crippen LogP contribution in [0.15, 0.2) is 75.9 Å². The Bertz CT molecular complexity index is 1240. The average Bonchev–Trinajstić information content (AvgIpc) is 2.76. The molecule has 0 aliphatic rings. The Morgan fingerprint density at radius 2 is 1.67 bits per heavy atom. The van der Waals surface area contributed by atoms with Crippen molar-refractivity contribution in [2.45, 2.75) is 13.5 Å². The summed E-state index contributed by atoms with van der Waals surface area (Å²) in [5, 5.41) is 2.69. The SMILES string of the molecule is CCOc1ccc(OCC(=O)OCc2cc(=O)oc3ccc4ccccc4c23)cc1. The molecule has 4 aromatic rings. The Morgan fingerprint density at radius 3 is 2.43 bits per heavy atom. The molecule has 6 nitrogen and oxygen atoms in total. The largest absolute Gasteiger partial charge is 0.494 e. The Balaban J connectivity index is 1.47. The molecular weight excluding hydrogens is 384 g/mol. The van der Waals surface area contributed by atoms with E-state index in [1.807, 2.05) is 37.3 Å². The average molecular weight is 404 g/mol. The number of rotatable bonds is 7. The highest BCUT2D eigenvalue weighted by atomic mass is 16.6. The zero-order valence-electron chi connectivity index (χ0n) is 16.4. The topological polar surface area (TPSA) is 75.0 Å². The van der Waals surface area contributed by atoms with E-state index in [1.165, 1.54) is 6.07 Å². The molecule has 1 aromatic heterocycles. The van der Waals surface area contributed by atoms with Crippen LogP contribution in [0.4, 0.5) is 0 Å². The van der Waals surface area contributed by atoms with Crippen LogP contribution in [0.5, 0.6) is 11.5 Å². The van der Waals surface area contributed by atoms with Crippen LogP contribution in [0.2, 0.25) is 0 Å². The van der Waals surface area contributed by atoms with Gasteiger partial charge in [-0.1, -0.05) is 30.3 Å². The molecule has 0 aliphatic carbocycles. The molecule has 0 saturated carbocycles. The van der Waals surface area contributed by atoms with Gasteiger partial charge in [0, 0.05) is 17.0 Å². The van der Waals surface area contributed by atoms with E-state index in [0.29, 0.717) is 23.5 Å². The minimum atomic E-state index is -0.537. The van der Waals surface area contributed by atoms with Gasteiger partial charge in [-0.25, -0.2) is 9.59 Å². The summed E-state index contributed by atoms with van der Waals surface area (Å²) in [7, 11) is 0. The highest BCUT2D eigenvalue weighted by Gasteiger charge is 2.12. The van der Waals surface area contributed by atoms with E-state index < -0.39 is 11.6 Å². The van der Waals surface area contributed by atoms with Gasteiger partial charge in [-0.05, 0) is 48.0 Å². The van der Waals surface area contributed by atoms with Crippen LogP contribution in [-0.2, 0) is 16.1 Å². The van der Waals surface area contributed by atoms with Crippen LogP contribution in [0.1, 0.15) is 12.5 Å². The van der Waals surface area contributed by atoms with Gasteiger partial charge < -0.3 is 18.6 Å². The van der Waals surface area contributed by atoms with Gasteiger partial charge in [0.25, 0.3) is 0 Å². The zero-order chi connectivity index (χ0) is 20.9. The third kappa shape index (κ3) is 4.27. The van der Waals surface area contributed by atoms with Gasteiger partial charge in [0.15, 0.2) is 6.61 Å². The molecule has 30 heavy (non-hydrogen) atoms. The quantitative estimate of drug-likeness (QED) is 0.257. The molecule has 4 rings (SSSR count). The normalized spacial score (nSPS) is 10.8. The van der Waals surface area contributed by atoms with Crippen molar-refractivity contribution in [3.8, 4) is 11.5 Å². The van der Waals surface area contributed by atoms with Crippen molar-refractivity contribution in [2.24, 2.45) is 0 Å². The lowest BCUT2D eigenvalue weighted by Gasteiger charge is -2.10.